The van der Waals surface area contributed by atoms with Gasteiger partial charge in [-0.3, -0.25) is 4.79 Å². The molecule has 0 atom stereocenters. The number of nitrogens with zero attached hydrogens (tertiary/aromatic N) is 2. The van der Waals surface area contributed by atoms with Crippen LogP contribution in [0.1, 0.15) is 34.7 Å². The van der Waals surface area contributed by atoms with Gasteiger partial charge in [0.2, 0.25) is 5.82 Å². The van der Waals surface area contributed by atoms with E-state index >= 15 is 0 Å². The number of hydrogen-bond acceptors (Lipinski definition) is 6. The van der Waals surface area contributed by atoms with Gasteiger partial charge in [0.15, 0.2) is 12.4 Å². The van der Waals surface area contributed by atoms with E-state index in [-0.39, 0.29) is 12.4 Å². The zero-order chi connectivity index (χ0) is 15.6. The number of ether oxygens (including phenoxy) is 1. The van der Waals surface area contributed by atoms with Crippen molar-refractivity contribution in [3.05, 3.63) is 52.0 Å². The largest absolute Gasteiger partial charge is 0.483 e. The molecule has 0 bridgehead atoms. The van der Waals surface area contributed by atoms with Crippen molar-refractivity contribution in [2.24, 2.45) is 0 Å². The summed E-state index contributed by atoms with van der Waals surface area (Å²) in [6, 6.07) is 7.54. The second-order valence-electron chi connectivity index (χ2n) is 5.37. The van der Waals surface area contributed by atoms with Crippen LogP contribution >= 0.6 is 11.3 Å². The van der Waals surface area contributed by atoms with Crippen molar-refractivity contribution in [1.82, 2.24) is 10.1 Å². The normalized spacial score (nSPS) is 13.8. The van der Waals surface area contributed by atoms with E-state index < -0.39 is 0 Å². The molecule has 5 nitrogen and oxygen atoms in total. The summed E-state index contributed by atoms with van der Waals surface area (Å²) in [5, 5.41) is 7.89. The molecule has 4 rings (SSSR count). The van der Waals surface area contributed by atoms with Crippen LogP contribution in [0.15, 0.2) is 39.5 Å². The minimum atomic E-state index is 0.189. The van der Waals surface area contributed by atoms with Gasteiger partial charge in [0, 0.05) is 28.5 Å². The summed E-state index contributed by atoms with van der Waals surface area (Å²) in [6.07, 6.45) is 2.35. The van der Waals surface area contributed by atoms with Crippen molar-refractivity contribution < 1.29 is 14.1 Å². The van der Waals surface area contributed by atoms with Gasteiger partial charge in [-0.05, 0) is 30.4 Å². The Morgan fingerprint density at radius 3 is 3.09 bits per heavy atom. The predicted octanol–water partition coefficient (Wildman–Crippen LogP) is 3.90. The highest BCUT2D eigenvalue weighted by Gasteiger charge is 2.20. The van der Waals surface area contributed by atoms with Crippen LogP contribution in [0.2, 0.25) is 0 Å². The number of carbonyl (C=O) groups is 1. The maximum atomic E-state index is 12.0. The summed E-state index contributed by atoms with van der Waals surface area (Å²) >= 11 is 1.58. The van der Waals surface area contributed by atoms with E-state index in [1.54, 1.807) is 11.3 Å². The highest BCUT2D eigenvalue weighted by Crippen LogP contribution is 2.30. The van der Waals surface area contributed by atoms with Crippen molar-refractivity contribution in [3.8, 4) is 17.1 Å². The number of rotatable bonds is 4. The van der Waals surface area contributed by atoms with E-state index in [0.717, 1.165) is 35.3 Å². The number of benzene rings is 1. The van der Waals surface area contributed by atoms with E-state index in [0.29, 0.717) is 18.1 Å². The zero-order valence-electron chi connectivity index (χ0n) is 12.3. The third-order valence-electron chi connectivity index (χ3n) is 3.86. The average Bonchev–Trinajstić information content (AvgIpc) is 3.25. The van der Waals surface area contributed by atoms with Gasteiger partial charge in [-0.1, -0.05) is 17.3 Å². The standard InChI is InChI=1S/C17H14N2O3S/c20-14-5-1-4-13-12(14)3-2-6-15(13)21-9-16-18-17(19-22-16)11-7-8-23-10-11/h2-3,6-8,10H,1,4-5,9H2. The molecular formula is C17H14N2O3S. The first-order chi connectivity index (χ1) is 11.3. The summed E-state index contributed by atoms with van der Waals surface area (Å²) in [6.45, 7) is 0.196. The van der Waals surface area contributed by atoms with Crippen LogP contribution in [0.4, 0.5) is 0 Å². The van der Waals surface area contributed by atoms with Crippen LogP contribution in [0.25, 0.3) is 11.4 Å². The van der Waals surface area contributed by atoms with Gasteiger partial charge in [0.25, 0.3) is 5.89 Å². The van der Waals surface area contributed by atoms with Crippen LogP contribution in [0.5, 0.6) is 5.75 Å². The van der Waals surface area contributed by atoms with Crippen LogP contribution in [-0.4, -0.2) is 15.9 Å². The monoisotopic (exact) mass is 326 g/mol. The number of hydrogen-bond donors (Lipinski definition) is 0. The lowest BCUT2D eigenvalue weighted by molar-refractivity contribution is 0.0971. The van der Waals surface area contributed by atoms with Gasteiger partial charge < -0.3 is 9.26 Å². The van der Waals surface area contributed by atoms with E-state index in [9.17, 15) is 4.79 Å². The molecule has 0 unspecified atom stereocenters. The van der Waals surface area contributed by atoms with Crippen LogP contribution in [-0.2, 0) is 13.0 Å². The Labute approximate surface area is 136 Å². The van der Waals surface area contributed by atoms with Gasteiger partial charge in [-0.15, -0.1) is 0 Å². The highest BCUT2D eigenvalue weighted by molar-refractivity contribution is 7.08. The highest BCUT2D eigenvalue weighted by atomic mass is 32.1. The number of Topliss-reactive ketones (excluding diaryl/α,β-unsaturated/α-hetero) is 1. The predicted molar refractivity (Wildman–Crippen MR) is 85.7 cm³/mol. The molecule has 0 radical (unpaired) electrons. The van der Waals surface area contributed by atoms with Crippen LogP contribution in [0.3, 0.4) is 0 Å². The molecule has 2 heterocycles. The Balaban J connectivity index is 1.52. The molecule has 0 N–H and O–H groups in total. The SMILES string of the molecule is O=C1CCCc2c(OCc3nc(-c4ccsc4)no3)cccc21. The third-order valence-corrected chi connectivity index (χ3v) is 4.55. The molecule has 0 fully saturated rings. The lowest BCUT2D eigenvalue weighted by Crippen LogP contribution is -2.12. The lowest BCUT2D eigenvalue weighted by atomic mass is 9.90. The molecule has 23 heavy (non-hydrogen) atoms. The quantitative estimate of drug-likeness (QED) is 0.727. The average molecular weight is 326 g/mol. The number of ketones is 1. The van der Waals surface area contributed by atoms with Crippen molar-refractivity contribution in [2.75, 3.05) is 0 Å². The molecule has 1 aliphatic rings. The zero-order valence-corrected chi connectivity index (χ0v) is 13.1. The maximum absolute atomic E-state index is 12.0. The first-order valence-corrected chi connectivity index (χ1v) is 8.38. The molecule has 3 aromatic rings. The summed E-state index contributed by atoms with van der Waals surface area (Å²) in [7, 11) is 0. The van der Waals surface area contributed by atoms with Crippen molar-refractivity contribution in [1.29, 1.82) is 0 Å². The van der Waals surface area contributed by atoms with E-state index in [1.165, 1.54) is 0 Å². The van der Waals surface area contributed by atoms with Crippen molar-refractivity contribution in [2.45, 2.75) is 25.9 Å². The molecular weight excluding hydrogens is 312 g/mol. The summed E-state index contributed by atoms with van der Waals surface area (Å²) < 4.78 is 11.1. The Bertz CT molecular complexity index is 839. The van der Waals surface area contributed by atoms with Gasteiger partial charge in [0.05, 0.1) is 0 Å². The molecule has 2 aromatic heterocycles. The van der Waals surface area contributed by atoms with Crippen LogP contribution < -0.4 is 4.74 Å². The number of aromatic nitrogens is 2. The first-order valence-electron chi connectivity index (χ1n) is 7.44. The summed E-state index contributed by atoms with van der Waals surface area (Å²) in [5.74, 6) is 1.90. The molecule has 1 aliphatic carbocycles. The first kappa shape index (κ1) is 14.1. The Morgan fingerprint density at radius 1 is 1.26 bits per heavy atom. The second-order valence-corrected chi connectivity index (χ2v) is 6.15. The molecule has 0 saturated carbocycles. The number of carbonyl (C=O) groups excluding carboxylic acids is 1. The number of fused-ring (bicyclic) bond motifs is 1. The minimum absolute atomic E-state index is 0.189. The summed E-state index contributed by atoms with van der Waals surface area (Å²) in [4.78, 5) is 16.3. The Kier molecular flexibility index (Phi) is 3.67. The molecule has 1 aromatic carbocycles. The van der Waals surface area contributed by atoms with Crippen LogP contribution in [0, 0.1) is 0 Å². The molecule has 6 heteroatoms. The topological polar surface area (TPSA) is 65.2 Å². The van der Waals surface area contributed by atoms with Gasteiger partial charge in [-0.25, -0.2) is 0 Å². The van der Waals surface area contributed by atoms with Gasteiger partial charge >= 0.3 is 0 Å². The number of thiophene rings is 1. The minimum Gasteiger partial charge on any atom is -0.483 e. The van der Waals surface area contributed by atoms with Crippen molar-refractivity contribution >= 4 is 17.1 Å². The molecule has 0 amide bonds. The Hall–Kier alpha value is -2.47. The fraction of sp³-hybridized carbons (Fsp3) is 0.235. The maximum Gasteiger partial charge on any atom is 0.264 e. The van der Waals surface area contributed by atoms with E-state index in [1.807, 2.05) is 35.0 Å². The van der Waals surface area contributed by atoms with Gasteiger partial charge in [-0.2, -0.15) is 16.3 Å². The molecule has 0 aliphatic heterocycles. The molecule has 116 valence electrons. The fourth-order valence-electron chi connectivity index (χ4n) is 2.74. The third kappa shape index (κ3) is 2.77. The Morgan fingerprint density at radius 2 is 2.22 bits per heavy atom. The van der Waals surface area contributed by atoms with E-state index in [4.69, 9.17) is 9.26 Å². The summed E-state index contributed by atoms with van der Waals surface area (Å²) in [5.41, 5.74) is 2.70. The van der Waals surface area contributed by atoms with E-state index in [2.05, 4.69) is 10.1 Å². The second kappa shape index (κ2) is 5.96. The van der Waals surface area contributed by atoms with Crippen molar-refractivity contribution in [3.63, 3.8) is 0 Å². The fourth-order valence-corrected chi connectivity index (χ4v) is 3.38. The molecule has 0 saturated heterocycles. The molecule has 0 spiro atoms. The lowest BCUT2D eigenvalue weighted by Gasteiger charge is -2.17. The van der Waals surface area contributed by atoms with Gasteiger partial charge in [0.1, 0.15) is 5.75 Å². The smallest absolute Gasteiger partial charge is 0.264 e.